The number of rotatable bonds is 5. The summed E-state index contributed by atoms with van der Waals surface area (Å²) in [7, 11) is 0. The molecule has 0 fully saturated rings. The van der Waals surface area contributed by atoms with Gasteiger partial charge in [-0.1, -0.05) is 60.7 Å². The number of aromatic nitrogens is 2. The molecule has 1 heterocycles. The van der Waals surface area contributed by atoms with Crippen molar-refractivity contribution in [2.75, 3.05) is 0 Å². The monoisotopic (exact) mass is 345 g/mol. The third kappa shape index (κ3) is 3.37. The van der Waals surface area contributed by atoms with Crippen LogP contribution in [-0.2, 0) is 11.3 Å². The lowest BCUT2D eigenvalue weighted by molar-refractivity contribution is -0.137. The van der Waals surface area contributed by atoms with Crippen molar-refractivity contribution in [2.45, 2.75) is 13.0 Å². The molecule has 3 rings (SSSR count). The number of hydrogen-bond donors (Lipinski definition) is 1. The molecule has 0 bridgehead atoms. The van der Waals surface area contributed by atoms with E-state index in [1.165, 1.54) is 0 Å². The molecular weight excluding hydrogens is 330 g/mol. The van der Waals surface area contributed by atoms with E-state index in [0.717, 1.165) is 10.2 Å². The molecule has 1 N–H and O–H groups in total. The van der Waals surface area contributed by atoms with Crippen molar-refractivity contribution < 1.29 is 9.90 Å². The zero-order chi connectivity index (χ0) is 18.5. The van der Waals surface area contributed by atoms with Gasteiger partial charge in [0.25, 0.3) is 5.56 Å². The van der Waals surface area contributed by atoms with Crippen molar-refractivity contribution in [1.82, 2.24) is 9.78 Å². The van der Waals surface area contributed by atoms with Crippen LogP contribution in [0.2, 0.25) is 0 Å². The number of carbonyl (C=O) groups is 1. The SMILES string of the molecule is N#Cc1c(-c2ccccc2)c(-c2ccccc2)nn(CCC(=O)O)c1=O. The summed E-state index contributed by atoms with van der Waals surface area (Å²) in [6, 6.07) is 20.3. The van der Waals surface area contributed by atoms with Crippen LogP contribution in [0.1, 0.15) is 12.0 Å². The standard InChI is InChI=1S/C20H15N3O3/c21-13-16-18(14-7-3-1-4-8-14)19(15-9-5-2-6-10-15)22-23(20(16)26)12-11-17(24)25/h1-10H,11-12H2,(H,24,25). The van der Waals surface area contributed by atoms with Gasteiger partial charge in [-0.15, -0.1) is 0 Å². The molecule has 0 unspecified atom stereocenters. The summed E-state index contributed by atoms with van der Waals surface area (Å²) in [4.78, 5) is 23.5. The molecular formula is C20H15N3O3. The number of benzene rings is 2. The number of carboxylic acids is 1. The Kier molecular flexibility index (Phi) is 4.90. The van der Waals surface area contributed by atoms with Crippen LogP contribution in [0.4, 0.5) is 0 Å². The van der Waals surface area contributed by atoms with E-state index in [4.69, 9.17) is 5.11 Å². The molecule has 128 valence electrons. The lowest BCUT2D eigenvalue weighted by Gasteiger charge is -2.14. The Morgan fingerprint density at radius 1 is 1.04 bits per heavy atom. The van der Waals surface area contributed by atoms with Gasteiger partial charge in [0.2, 0.25) is 0 Å². The molecule has 0 radical (unpaired) electrons. The van der Waals surface area contributed by atoms with E-state index < -0.39 is 11.5 Å². The van der Waals surface area contributed by atoms with Crippen LogP contribution in [0.3, 0.4) is 0 Å². The third-order valence-corrected chi connectivity index (χ3v) is 3.91. The Morgan fingerprint density at radius 2 is 1.62 bits per heavy atom. The van der Waals surface area contributed by atoms with Gasteiger partial charge < -0.3 is 5.11 Å². The molecule has 0 saturated heterocycles. The zero-order valence-electron chi connectivity index (χ0n) is 13.8. The van der Waals surface area contributed by atoms with Crippen molar-refractivity contribution in [3.63, 3.8) is 0 Å². The summed E-state index contributed by atoms with van der Waals surface area (Å²) in [6.07, 6.45) is -0.253. The summed E-state index contributed by atoms with van der Waals surface area (Å²) in [5.74, 6) is -1.04. The normalized spacial score (nSPS) is 10.3. The molecule has 2 aromatic carbocycles. The van der Waals surface area contributed by atoms with Gasteiger partial charge in [0, 0.05) is 11.1 Å². The van der Waals surface area contributed by atoms with Gasteiger partial charge in [0.05, 0.1) is 13.0 Å². The molecule has 1 aromatic heterocycles. The van der Waals surface area contributed by atoms with Crippen LogP contribution in [0.5, 0.6) is 0 Å². The van der Waals surface area contributed by atoms with Crippen molar-refractivity contribution in [1.29, 1.82) is 5.26 Å². The van der Waals surface area contributed by atoms with E-state index in [0.29, 0.717) is 16.8 Å². The van der Waals surface area contributed by atoms with Crippen molar-refractivity contribution in [3.05, 3.63) is 76.6 Å². The summed E-state index contributed by atoms with van der Waals surface area (Å²) in [5, 5.41) is 22.9. The fourth-order valence-corrected chi connectivity index (χ4v) is 2.71. The van der Waals surface area contributed by atoms with E-state index in [1.54, 1.807) is 0 Å². The minimum atomic E-state index is -1.04. The average Bonchev–Trinajstić information content (AvgIpc) is 2.67. The fourth-order valence-electron chi connectivity index (χ4n) is 2.71. The second kappa shape index (κ2) is 7.45. The molecule has 0 saturated carbocycles. The molecule has 3 aromatic rings. The van der Waals surface area contributed by atoms with Crippen LogP contribution in [0, 0.1) is 11.3 Å². The molecule has 0 aliphatic heterocycles. The lowest BCUT2D eigenvalue weighted by Crippen LogP contribution is -2.28. The van der Waals surface area contributed by atoms with Crippen molar-refractivity contribution in [2.24, 2.45) is 0 Å². The molecule has 0 atom stereocenters. The predicted octanol–water partition coefficient (Wildman–Crippen LogP) is 2.92. The predicted molar refractivity (Wildman–Crippen MR) is 96.3 cm³/mol. The van der Waals surface area contributed by atoms with Crippen LogP contribution in [0.25, 0.3) is 22.4 Å². The maximum atomic E-state index is 12.7. The molecule has 0 aliphatic carbocycles. The minimum Gasteiger partial charge on any atom is -0.481 e. The average molecular weight is 345 g/mol. The number of nitrogens with zero attached hydrogens (tertiary/aromatic N) is 3. The number of carboxylic acid groups (broad SMARTS) is 1. The minimum absolute atomic E-state index is 0.0459. The lowest BCUT2D eigenvalue weighted by atomic mass is 9.96. The smallest absolute Gasteiger partial charge is 0.305 e. The number of aliphatic carboxylic acids is 1. The summed E-state index contributed by atoms with van der Waals surface area (Å²) >= 11 is 0. The fraction of sp³-hybridized carbons (Fsp3) is 0.100. The Hall–Kier alpha value is -3.72. The topological polar surface area (TPSA) is 96.0 Å². The highest BCUT2D eigenvalue weighted by Gasteiger charge is 2.20. The first kappa shape index (κ1) is 17.1. The second-order valence-corrected chi connectivity index (χ2v) is 5.61. The van der Waals surface area contributed by atoms with E-state index in [9.17, 15) is 14.9 Å². The Balaban J connectivity index is 2.32. The third-order valence-electron chi connectivity index (χ3n) is 3.91. The highest BCUT2D eigenvalue weighted by Crippen LogP contribution is 2.31. The van der Waals surface area contributed by atoms with Crippen LogP contribution in [0.15, 0.2) is 65.5 Å². The molecule has 0 aliphatic rings. The summed E-state index contributed by atoms with van der Waals surface area (Å²) in [5.41, 5.74) is 1.74. The van der Waals surface area contributed by atoms with Crippen LogP contribution < -0.4 is 5.56 Å². The molecule has 6 nitrogen and oxygen atoms in total. The molecule has 0 spiro atoms. The van der Waals surface area contributed by atoms with E-state index in [-0.39, 0.29) is 18.5 Å². The highest BCUT2D eigenvalue weighted by atomic mass is 16.4. The summed E-state index contributed by atoms with van der Waals surface area (Å²) in [6.45, 7) is -0.0995. The quantitative estimate of drug-likeness (QED) is 0.767. The number of aryl methyl sites for hydroxylation is 1. The van der Waals surface area contributed by atoms with E-state index >= 15 is 0 Å². The van der Waals surface area contributed by atoms with Gasteiger partial charge in [-0.3, -0.25) is 9.59 Å². The molecule has 26 heavy (non-hydrogen) atoms. The first-order chi connectivity index (χ1) is 12.6. The number of hydrogen-bond acceptors (Lipinski definition) is 4. The van der Waals surface area contributed by atoms with Crippen molar-refractivity contribution >= 4 is 5.97 Å². The Morgan fingerprint density at radius 3 is 2.15 bits per heavy atom. The Bertz CT molecular complexity index is 1040. The first-order valence-corrected chi connectivity index (χ1v) is 7.99. The second-order valence-electron chi connectivity index (χ2n) is 5.61. The largest absolute Gasteiger partial charge is 0.481 e. The summed E-state index contributed by atoms with van der Waals surface area (Å²) < 4.78 is 1.06. The maximum absolute atomic E-state index is 12.7. The van der Waals surface area contributed by atoms with E-state index in [1.807, 2.05) is 66.7 Å². The highest BCUT2D eigenvalue weighted by molar-refractivity contribution is 5.84. The first-order valence-electron chi connectivity index (χ1n) is 7.99. The van der Waals surface area contributed by atoms with Crippen molar-refractivity contribution in [3.8, 4) is 28.5 Å². The Labute approximate surface area is 149 Å². The molecule has 6 heteroatoms. The number of nitriles is 1. The maximum Gasteiger partial charge on any atom is 0.305 e. The van der Waals surface area contributed by atoms with Gasteiger partial charge in [-0.2, -0.15) is 10.4 Å². The zero-order valence-corrected chi connectivity index (χ0v) is 13.8. The van der Waals surface area contributed by atoms with Crippen LogP contribution in [-0.4, -0.2) is 20.9 Å². The van der Waals surface area contributed by atoms with Gasteiger partial charge in [-0.25, -0.2) is 4.68 Å². The van der Waals surface area contributed by atoms with Crippen LogP contribution >= 0.6 is 0 Å². The van der Waals surface area contributed by atoms with Gasteiger partial charge >= 0.3 is 5.97 Å². The van der Waals surface area contributed by atoms with Gasteiger partial charge in [-0.05, 0) is 5.56 Å². The van der Waals surface area contributed by atoms with Gasteiger partial charge in [0.1, 0.15) is 17.3 Å². The molecule has 0 amide bonds. The van der Waals surface area contributed by atoms with Gasteiger partial charge in [0.15, 0.2) is 0 Å². The van der Waals surface area contributed by atoms with E-state index in [2.05, 4.69) is 5.10 Å².